The molecule has 1 fully saturated rings. The van der Waals surface area contributed by atoms with Gasteiger partial charge in [-0.25, -0.2) is 0 Å². The van der Waals surface area contributed by atoms with Gasteiger partial charge in [0.1, 0.15) is 11.2 Å². The second-order valence-electron chi connectivity index (χ2n) is 10.4. The Labute approximate surface area is 194 Å². The van der Waals surface area contributed by atoms with Gasteiger partial charge in [0, 0.05) is 23.9 Å². The Hall–Kier alpha value is -3.02. The number of furan rings is 1. The van der Waals surface area contributed by atoms with Crippen LogP contribution in [0.25, 0.3) is 11.1 Å². The van der Waals surface area contributed by atoms with Crippen molar-refractivity contribution in [2.45, 2.75) is 77.4 Å². The van der Waals surface area contributed by atoms with Gasteiger partial charge in [0.05, 0.1) is 18.3 Å². The summed E-state index contributed by atoms with van der Waals surface area (Å²) in [7, 11) is 0. The summed E-state index contributed by atoms with van der Waals surface area (Å²) in [6, 6.07) is 11.8. The van der Waals surface area contributed by atoms with Crippen molar-refractivity contribution in [3.05, 3.63) is 53.9 Å². The van der Waals surface area contributed by atoms with Gasteiger partial charge in [0.25, 0.3) is 5.91 Å². The Kier molecular flexibility index (Phi) is 5.34. The lowest BCUT2D eigenvalue weighted by Gasteiger charge is -2.44. The molecule has 33 heavy (non-hydrogen) atoms. The highest BCUT2D eigenvalue weighted by molar-refractivity contribution is 6.13. The Morgan fingerprint density at radius 2 is 1.82 bits per heavy atom. The molecule has 0 unspecified atom stereocenters. The van der Waals surface area contributed by atoms with E-state index in [4.69, 9.17) is 4.42 Å². The third-order valence-corrected chi connectivity index (χ3v) is 7.56. The number of amides is 2. The molecule has 6 heteroatoms. The number of aromatic nitrogens is 1. The van der Waals surface area contributed by atoms with Gasteiger partial charge in [-0.3, -0.25) is 14.5 Å². The molecule has 2 aromatic heterocycles. The van der Waals surface area contributed by atoms with E-state index in [1.54, 1.807) is 17.2 Å². The van der Waals surface area contributed by atoms with Crippen molar-refractivity contribution in [1.82, 2.24) is 9.88 Å². The molecule has 5 rings (SSSR count). The Bertz CT molecular complexity index is 1180. The number of rotatable bonds is 4. The van der Waals surface area contributed by atoms with Crippen LogP contribution in [-0.2, 0) is 11.3 Å². The van der Waals surface area contributed by atoms with Crippen LogP contribution in [0, 0.1) is 5.92 Å². The number of nitrogens with one attached hydrogen (secondary N) is 1. The van der Waals surface area contributed by atoms with Crippen molar-refractivity contribution in [2.24, 2.45) is 5.92 Å². The molecule has 0 bridgehead atoms. The van der Waals surface area contributed by atoms with Crippen LogP contribution >= 0.6 is 0 Å². The fourth-order valence-electron chi connectivity index (χ4n) is 5.37. The van der Waals surface area contributed by atoms with E-state index in [1.807, 2.05) is 41.8 Å². The largest absolute Gasteiger partial charge is 0.463 e. The lowest BCUT2D eigenvalue weighted by molar-refractivity contribution is -0.127. The molecular weight excluding hydrogens is 414 g/mol. The van der Waals surface area contributed by atoms with Crippen LogP contribution in [0.3, 0.4) is 0 Å². The van der Waals surface area contributed by atoms with Crippen LogP contribution in [-0.4, -0.2) is 28.0 Å². The minimum absolute atomic E-state index is 0.0978. The molecule has 1 aromatic carbocycles. The second-order valence-corrected chi connectivity index (χ2v) is 10.4. The summed E-state index contributed by atoms with van der Waals surface area (Å²) in [4.78, 5) is 29.4. The van der Waals surface area contributed by atoms with Crippen LogP contribution in [0.4, 0.5) is 5.69 Å². The average molecular weight is 448 g/mol. The van der Waals surface area contributed by atoms with E-state index < -0.39 is 5.54 Å². The predicted molar refractivity (Wildman–Crippen MR) is 130 cm³/mol. The molecule has 1 atom stereocenters. The van der Waals surface area contributed by atoms with Gasteiger partial charge >= 0.3 is 0 Å². The Morgan fingerprint density at radius 3 is 2.48 bits per heavy atom. The lowest BCUT2D eigenvalue weighted by atomic mass is 9.86. The lowest BCUT2D eigenvalue weighted by Crippen LogP contribution is -2.65. The standard InChI is InChI=1S/C27H33N3O3/c1-17(2)19-7-11-21(12-8-19)30-25(31)23-15-24-22(13-14-33-24)29(23)16-27(30,4)26(32)28-20-9-5-18(3)6-10-20/h7-8,11-15,17-18,20H,5-6,9-10,16H2,1-4H3,(H,28,32)/t18?,20?,27-/m1/s1. The number of hydrogen-bond acceptors (Lipinski definition) is 3. The summed E-state index contributed by atoms with van der Waals surface area (Å²) in [5.41, 5.74) is 2.94. The van der Waals surface area contributed by atoms with Crippen LogP contribution in [0.1, 0.15) is 75.3 Å². The number of carbonyl (C=O) groups excluding carboxylic acids is 2. The highest BCUT2D eigenvalue weighted by atomic mass is 16.3. The molecule has 1 N–H and O–H groups in total. The highest BCUT2D eigenvalue weighted by Crippen LogP contribution is 2.37. The molecule has 174 valence electrons. The van der Waals surface area contributed by atoms with Crippen LogP contribution in [0.2, 0.25) is 0 Å². The molecule has 2 aliphatic rings. The predicted octanol–water partition coefficient (Wildman–Crippen LogP) is 5.47. The number of benzene rings is 1. The van der Waals surface area contributed by atoms with E-state index in [1.165, 1.54) is 5.56 Å². The quantitative estimate of drug-likeness (QED) is 0.576. The van der Waals surface area contributed by atoms with E-state index in [-0.39, 0.29) is 17.9 Å². The molecule has 1 aliphatic heterocycles. The topological polar surface area (TPSA) is 67.5 Å². The summed E-state index contributed by atoms with van der Waals surface area (Å²) < 4.78 is 7.50. The molecule has 0 spiro atoms. The normalized spacial score (nSPS) is 25.5. The molecular formula is C27H33N3O3. The maximum Gasteiger partial charge on any atom is 0.276 e. The summed E-state index contributed by atoms with van der Waals surface area (Å²) >= 11 is 0. The average Bonchev–Trinajstić information content (AvgIpc) is 3.38. The zero-order chi connectivity index (χ0) is 23.3. The van der Waals surface area contributed by atoms with Crippen LogP contribution < -0.4 is 10.2 Å². The van der Waals surface area contributed by atoms with E-state index in [2.05, 4.69) is 26.1 Å². The van der Waals surface area contributed by atoms with Crippen molar-refractivity contribution < 1.29 is 14.0 Å². The first-order chi connectivity index (χ1) is 15.8. The minimum Gasteiger partial charge on any atom is -0.463 e. The van der Waals surface area contributed by atoms with Crippen molar-refractivity contribution in [3.8, 4) is 0 Å². The molecule has 2 amide bonds. The van der Waals surface area contributed by atoms with Crippen molar-refractivity contribution in [2.75, 3.05) is 4.90 Å². The summed E-state index contributed by atoms with van der Waals surface area (Å²) in [5, 5.41) is 3.29. The van der Waals surface area contributed by atoms with Gasteiger partial charge in [0.2, 0.25) is 5.91 Å². The fourth-order valence-corrected chi connectivity index (χ4v) is 5.37. The first-order valence-corrected chi connectivity index (χ1v) is 12.1. The molecule has 1 saturated carbocycles. The van der Waals surface area contributed by atoms with Crippen LogP contribution in [0.5, 0.6) is 0 Å². The molecule has 3 aromatic rings. The molecule has 0 radical (unpaired) electrons. The van der Waals surface area contributed by atoms with Crippen molar-refractivity contribution >= 4 is 28.6 Å². The van der Waals surface area contributed by atoms with Crippen molar-refractivity contribution in [1.29, 1.82) is 0 Å². The third-order valence-electron chi connectivity index (χ3n) is 7.56. The SMILES string of the molecule is CC1CCC(NC(=O)[C@@]2(C)Cn3c(cc4occc43)C(=O)N2c2ccc(C(C)C)cc2)CC1. The maximum atomic E-state index is 13.8. The number of nitrogens with zero attached hydrogens (tertiary/aromatic N) is 2. The maximum absolute atomic E-state index is 13.8. The van der Waals surface area contributed by atoms with Gasteiger partial charge in [-0.05, 0) is 62.1 Å². The Morgan fingerprint density at radius 1 is 1.12 bits per heavy atom. The number of fused-ring (bicyclic) bond motifs is 3. The first kappa shape index (κ1) is 21.8. The van der Waals surface area contributed by atoms with Gasteiger partial charge in [-0.2, -0.15) is 0 Å². The molecule has 0 saturated heterocycles. The first-order valence-electron chi connectivity index (χ1n) is 12.1. The summed E-state index contributed by atoms with van der Waals surface area (Å²) in [6.45, 7) is 8.82. The number of carbonyl (C=O) groups is 2. The number of hydrogen-bond donors (Lipinski definition) is 1. The molecule has 6 nitrogen and oxygen atoms in total. The van der Waals surface area contributed by atoms with Gasteiger partial charge < -0.3 is 14.3 Å². The number of anilines is 1. The van der Waals surface area contributed by atoms with E-state index in [0.717, 1.165) is 36.9 Å². The summed E-state index contributed by atoms with van der Waals surface area (Å²) in [6.07, 6.45) is 5.85. The van der Waals surface area contributed by atoms with Crippen LogP contribution in [0.15, 0.2) is 47.1 Å². The third kappa shape index (κ3) is 3.65. The van der Waals surface area contributed by atoms with Gasteiger partial charge in [-0.15, -0.1) is 0 Å². The smallest absolute Gasteiger partial charge is 0.276 e. The second kappa shape index (κ2) is 8.08. The van der Waals surface area contributed by atoms with Crippen molar-refractivity contribution in [3.63, 3.8) is 0 Å². The van der Waals surface area contributed by atoms with E-state index in [0.29, 0.717) is 29.7 Å². The fraction of sp³-hybridized carbons (Fsp3) is 0.481. The molecule has 3 heterocycles. The minimum atomic E-state index is -1.06. The summed E-state index contributed by atoms with van der Waals surface area (Å²) in [5.74, 6) is 0.820. The van der Waals surface area contributed by atoms with E-state index >= 15 is 0 Å². The Balaban J connectivity index is 1.55. The highest BCUT2D eigenvalue weighted by Gasteiger charge is 2.49. The molecule has 1 aliphatic carbocycles. The zero-order valence-electron chi connectivity index (χ0n) is 19.9. The van der Waals surface area contributed by atoms with E-state index in [9.17, 15) is 9.59 Å². The zero-order valence-corrected chi connectivity index (χ0v) is 19.9. The monoisotopic (exact) mass is 447 g/mol. The van der Waals surface area contributed by atoms with Gasteiger partial charge in [0.15, 0.2) is 5.58 Å². The van der Waals surface area contributed by atoms with Gasteiger partial charge in [-0.1, -0.05) is 32.9 Å².